The third-order valence-corrected chi connectivity index (χ3v) is 3.83. The Morgan fingerprint density at radius 1 is 1.04 bits per heavy atom. The number of nitrogens with zero attached hydrogens (tertiary/aromatic N) is 1. The summed E-state index contributed by atoms with van der Waals surface area (Å²) in [6, 6.07) is 11.1. The average Bonchev–Trinajstić information content (AvgIpc) is 2.64. The number of ether oxygens (including phenoxy) is 1. The second-order valence-corrected chi connectivity index (χ2v) is 5.77. The number of rotatable bonds is 5. The van der Waals surface area contributed by atoms with Crippen LogP contribution in [0.25, 0.3) is 10.8 Å². The second-order valence-electron chi connectivity index (χ2n) is 5.77. The van der Waals surface area contributed by atoms with Crippen LogP contribution in [0.15, 0.2) is 42.5 Å². The molecule has 8 nitrogen and oxygen atoms in total. The lowest BCUT2D eigenvalue weighted by Gasteiger charge is -2.12. The van der Waals surface area contributed by atoms with E-state index < -0.39 is 18.4 Å². The number of fused-ring (bicyclic) bond motifs is 1. The Bertz CT molecular complexity index is 1030. The molecular weight excluding hydrogens is 352 g/mol. The van der Waals surface area contributed by atoms with E-state index in [9.17, 15) is 19.8 Å². The number of nitrogens with one attached hydrogen (secondary N) is 1. The lowest BCUT2D eigenvalue weighted by Crippen LogP contribution is -2.30. The van der Waals surface area contributed by atoms with Crippen LogP contribution in [0.5, 0.6) is 23.0 Å². The number of benzene rings is 2. The summed E-state index contributed by atoms with van der Waals surface area (Å²) in [5.41, 5.74) is 0.230. The average molecular weight is 368 g/mol. The molecule has 0 radical (unpaired) electrons. The van der Waals surface area contributed by atoms with E-state index in [2.05, 4.69) is 10.3 Å². The SMILES string of the molecule is Cc1nc(C(=O)NCC(=O)O)c(O)c2ccc(Oc3ccc(O)cc3)cc12. The summed E-state index contributed by atoms with van der Waals surface area (Å²) in [6.07, 6.45) is 0. The van der Waals surface area contributed by atoms with Gasteiger partial charge in [-0.05, 0) is 49.4 Å². The van der Waals surface area contributed by atoms with Gasteiger partial charge >= 0.3 is 5.97 Å². The molecule has 0 aliphatic heterocycles. The minimum atomic E-state index is -1.20. The van der Waals surface area contributed by atoms with Crippen molar-refractivity contribution in [2.45, 2.75) is 6.92 Å². The maximum atomic E-state index is 12.1. The number of aliphatic carboxylic acids is 1. The first-order valence-electron chi connectivity index (χ1n) is 7.95. The summed E-state index contributed by atoms with van der Waals surface area (Å²) in [5, 5.41) is 31.5. The van der Waals surface area contributed by atoms with E-state index in [-0.39, 0.29) is 17.2 Å². The number of carbonyl (C=O) groups is 2. The molecule has 4 N–H and O–H groups in total. The van der Waals surface area contributed by atoms with Crippen molar-refractivity contribution in [1.29, 1.82) is 0 Å². The molecule has 8 heteroatoms. The summed E-state index contributed by atoms with van der Waals surface area (Å²) in [4.78, 5) is 26.7. The molecule has 1 heterocycles. The van der Waals surface area contributed by atoms with Gasteiger partial charge in [0.2, 0.25) is 0 Å². The van der Waals surface area contributed by atoms with Crippen molar-refractivity contribution in [2.24, 2.45) is 0 Å². The van der Waals surface area contributed by atoms with Gasteiger partial charge in [-0.15, -0.1) is 0 Å². The molecule has 0 unspecified atom stereocenters. The van der Waals surface area contributed by atoms with Crippen LogP contribution in [0.3, 0.4) is 0 Å². The van der Waals surface area contributed by atoms with Gasteiger partial charge in [0.1, 0.15) is 23.8 Å². The van der Waals surface area contributed by atoms with Crippen molar-refractivity contribution in [2.75, 3.05) is 6.54 Å². The van der Waals surface area contributed by atoms with Crippen LogP contribution in [0, 0.1) is 6.92 Å². The quantitative estimate of drug-likeness (QED) is 0.545. The van der Waals surface area contributed by atoms with Gasteiger partial charge < -0.3 is 25.4 Å². The molecule has 0 bridgehead atoms. The number of aromatic hydroxyl groups is 2. The number of phenols is 1. The highest BCUT2D eigenvalue weighted by Gasteiger charge is 2.18. The molecule has 0 saturated carbocycles. The molecule has 0 saturated heterocycles. The molecule has 0 atom stereocenters. The molecule has 0 aliphatic carbocycles. The molecule has 138 valence electrons. The summed E-state index contributed by atoms with van der Waals surface area (Å²) < 4.78 is 5.71. The number of carboxylic acid groups (broad SMARTS) is 1. The van der Waals surface area contributed by atoms with Gasteiger partial charge in [0.25, 0.3) is 5.91 Å². The number of carboxylic acids is 1. The van der Waals surface area contributed by atoms with Crippen molar-refractivity contribution in [3.05, 3.63) is 53.9 Å². The van der Waals surface area contributed by atoms with Crippen LogP contribution >= 0.6 is 0 Å². The van der Waals surface area contributed by atoms with E-state index in [1.165, 1.54) is 12.1 Å². The Kier molecular flexibility index (Phi) is 4.80. The van der Waals surface area contributed by atoms with E-state index in [0.29, 0.717) is 28.0 Å². The normalized spacial score (nSPS) is 10.6. The molecule has 3 aromatic rings. The molecule has 0 fully saturated rings. The Balaban J connectivity index is 1.94. The van der Waals surface area contributed by atoms with Gasteiger partial charge in [0.15, 0.2) is 11.4 Å². The lowest BCUT2D eigenvalue weighted by molar-refractivity contribution is -0.135. The fourth-order valence-corrected chi connectivity index (χ4v) is 2.55. The maximum Gasteiger partial charge on any atom is 0.322 e. The van der Waals surface area contributed by atoms with E-state index in [4.69, 9.17) is 9.84 Å². The minimum Gasteiger partial charge on any atom is -0.508 e. The highest BCUT2D eigenvalue weighted by atomic mass is 16.5. The predicted octanol–water partition coefficient (Wildman–Crippen LogP) is 2.56. The number of pyridine rings is 1. The Labute approximate surface area is 153 Å². The minimum absolute atomic E-state index is 0.125. The highest BCUT2D eigenvalue weighted by Crippen LogP contribution is 2.33. The molecule has 27 heavy (non-hydrogen) atoms. The monoisotopic (exact) mass is 368 g/mol. The van der Waals surface area contributed by atoms with Crippen molar-refractivity contribution in [1.82, 2.24) is 10.3 Å². The summed E-state index contributed by atoms with van der Waals surface area (Å²) in [5.74, 6) is -1.18. The maximum absolute atomic E-state index is 12.1. The van der Waals surface area contributed by atoms with Crippen molar-refractivity contribution >= 4 is 22.6 Å². The van der Waals surface area contributed by atoms with Crippen LogP contribution in [0.2, 0.25) is 0 Å². The molecular formula is C19H16N2O6. The molecule has 2 aromatic carbocycles. The van der Waals surface area contributed by atoms with Gasteiger partial charge in [-0.1, -0.05) is 0 Å². The smallest absolute Gasteiger partial charge is 0.322 e. The van der Waals surface area contributed by atoms with Crippen molar-refractivity contribution in [3.63, 3.8) is 0 Å². The van der Waals surface area contributed by atoms with E-state index >= 15 is 0 Å². The number of aromatic nitrogens is 1. The summed E-state index contributed by atoms with van der Waals surface area (Å²) in [7, 11) is 0. The Morgan fingerprint density at radius 3 is 2.37 bits per heavy atom. The molecule has 1 amide bonds. The standard InChI is InChI=1S/C19H16N2O6/c1-10-15-8-13(27-12-4-2-11(22)3-5-12)6-7-14(15)18(25)17(21-10)19(26)20-9-16(23)24/h2-8,22,25H,9H2,1H3,(H,20,26)(H,23,24). The third-order valence-electron chi connectivity index (χ3n) is 3.83. The van der Waals surface area contributed by atoms with E-state index in [1.807, 2.05) is 0 Å². The molecule has 3 rings (SSSR count). The lowest BCUT2D eigenvalue weighted by atomic mass is 10.1. The van der Waals surface area contributed by atoms with Crippen molar-refractivity contribution < 1.29 is 29.6 Å². The Hall–Kier alpha value is -3.81. The number of amides is 1. The van der Waals surface area contributed by atoms with Gasteiger partial charge in [0.05, 0.1) is 0 Å². The molecule has 0 spiro atoms. The first-order chi connectivity index (χ1) is 12.8. The first-order valence-corrected chi connectivity index (χ1v) is 7.95. The zero-order valence-electron chi connectivity index (χ0n) is 14.3. The fraction of sp³-hybridized carbons (Fsp3) is 0.105. The zero-order chi connectivity index (χ0) is 19.6. The van der Waals surface area contributed by atoms with E-state index in [0.717, 1.165) is 0 Å². The van der Waals surface area contributed by atoms with Crippen LogP contribution in [-0.2, 0) is 4.79 Å². The van der Waals surface area contributed by atoms with Crippen LogP contribution in [0.4, 0.5) is 0 Å². The largest absolute Gasteiger partial charge is 0.508 e. The number of aryl methyl sites for hydroxylation is 1. The first kappa shape index (κ1) is 18.0. The molecule has 1 aromatic heterocycles. The second kappa shape index (κ2) is 7.20. The van der Waals surface area contributed by atoms with Gasteiger partial charge in [-0.3, -0.25) is 9.59 Å². The molecule has 0 aliphatic rings. The summed E-state index contributed by atoms with van der Waals surface area (Å²) in [6.45, 7) is 1.09. The third kappa shape index (κ3) is 3.90. The predicted molar refractivity (Wildman–Crippen MR) is 96.3 cm³/mol. The van der Waals surface area contributed by atoms with Gasteiger partial charge in [-0.2, -0.15) is 0 Å². The van der Waals surface area contributed by atoms with Crippen LogP contribution in [-0.4, -0.2) is 38.7 Å². The fourth-order valence-electron chi connectivity index (χ4n) is 2.55. The van der Waals surface area contributed by atoms with Crippen LogP contribution < -0.4 is 10.1 Å². The summed E-state index contributed by atoms with van der Waals surface area (Å²) >= 11 is 0. The van der Waals surface area contributed by atoms with Gasteiger partial charge in [0, 0.05) is 16.5 Å². The highest BCUT2D eigenvalue weighted by molar-refractivity contribution is 6.03. The number of hydrogen-bond acceptors (Lipinski definition) is 6. The zero-order valence-corrected chi connectivity index (χ0v) is 14.3. The number of hydrogen-bond donors (Lipinski definition) is 4. The number of phenolic OH excluding ortho intramolecular Hbond substituents is 1. The van der Waals surface area contributed by atoms with Crippen molar-refractivity contribution in [3.8, 4) is 23.0 Å². The van der Waals surface area contributed by atoms with Crippen LogP contribution in [0.1, 0.15) is 16.2 Å². The Morgan fingerprint density at radius 2 is 1.70 bits per heavy atom. The number of carbonyl (C=O) groups excluding carboxylic acids is 1. The van der Waals surface area contributed by atoms with Gasteiger partial charge in [-0.25, -0.2) is 4.98 Å². The topological polar surface area (TPSA) is 129 Å². The van der Waals surface area contributed by atoms with E-state index in [1.54, 1.807) is 37.3 Å².